The summed E-state index contributed by atoms with van der Waals surface area (Å²) >= 11 is 0. The summed E-state index contributed by atoms with van der Waals surface area (Å²) in [6.45, 7) is 4.11. The number of phenols is 1. The summed E-state index contributed by atoms with van der Waals surface area (Å²) in [5, 5.41) is 11.4. The maximum absolute atomic E-state index is 12.5. The second-order valence-electron chi connectivity index (χ2n) is 6.54. The number of rotatable bonds is 3. The van der Waals surface area contributed by atoms with Gasteiger partial charge in [-0.1, -0.05) is 36.4 Å². The van der Waals surface area contributed by atoms with Crippen molar-refractivity contribution in [3.8, 4) is 5.75 Å². The SMILES string of the molecule is Cc1ccc2c(NNC(=O)c3cccc(O)c3)c3ccccc3nc2c1C. The summed E-state index contributed by atoms with van der Waals surface area (Å²) in [6, 6.07) is 18.1. The van der Waals surface area contributed by atoms with Crippen LogP contribution in [0.1, 0.15) is 21.5 Å². The van der Waals surface area contributed by atoms with Gasteiger partial charge in [0.15, 0.2) is 0 Å². The lowest BCUT2D eigenvalue weighted by molar-refractivity contribution is 0.0962. The molecule has 1 amide bonds. The number of aryl methyl sites for hydroxylation is 2. The molecule has 0 saturated heterocycles. The van der Waals surface area contributed by atoms with E-state index in [0.717, 1.165) is 33.1 Å². The summed E-state index contributed by atoms with van der Waals surface area (Å²) in [7, 11) is 0. The van der Waals surface area contributed by atoms with Gasteiger partial charge in [0.2, 0.25) is 0 Å². The number of aromatic nitrogens is 1. The Morgan fingerprint density at radius 2 is 1.78 bits per heavy atom. The minimum atomic E-state index is -0.330. The Hall–Kier alpha value is -3.60. The number of nitrogens with zero attached hydrogens (tertiary/aromatic N) is 1. The van der Waals surface area contributed by atoms with Gasteiger partial charge in [-0.15, -0.1) is 0 Å². The monoisotopic (exact) mass is 357 g/mol. The van der Waals surface area contributed by atoms with Gasteiger partial charge in [-0.2, -0.15) is 0 Å². The number of nitrogens with one attached hydrogen (secondary N) is 2. The predicted octanol–water partition coefficient (Wildman–Crippen LogP) is 4.47. The van der Waals surface area contributed by atoms with Crippen LogP contribution in [0.2, 0.25) is 0 Å². The van der Waals surface area contributed by atoms with Crippen LogP contribution >= 0.6 is 0 Å². The molecule has 134 valence electrons. The number of anilines is 1. The first kappa shape index (κ1) is 16.8. The number of amides is 1. The van der Waals surface area contributed by atoms with Gasteiger partial charge in [0.1, 0.15) is 5.75 Å². The third-order valence-electron chi connectivity index (χ3n) is 4.79. The molecule has 27 heavy (non-hydrogen) atoms. The number of carbonyl (C=O) groups excluding carboxylic acids is 1. The first-order valence-electron chi connectivity index (χ1n) is 8.68. The summed E-state index contributed by atoms with van der Waals surface area (Å²) in [5.41, 5.74) is 11.0. The number of aromatic hydroxyl groups is 1. The van der Waals surface area contributed by atoms with E-state index in [-0.39, 0.29) is 11.7 Å². The number of hydrazine groups is 1. The van der Waals surface area contributed by atoms with Crippen molar-refractivity contribution in [1.82, 2.24) is 10.4 Å². The standard InChI is InChI=1S/C22H19N3O2/c1-13-10-11-18-20(14(13)2)23-19-9-4-3-8-17(19)21(18)24-25-22(27)15-6-5-7-16(26)12-15/h3-12,26H,1-2H3,(H,23,24)(H,25,27). The Labute approximate surface area is 156 Å². The zero-order valence-corrected chi connectivity index (χ0v) is 15.1. The van der Waals surface area contributed by atoms with Crippen molar-refractivity contribution in [3.63, 3.8) is 0 Å². The van der Waals surface area contributed by atoms with Crippen LogP contribution in [0.5, 0.6) is 5.75 Å². The molecule has 0 bridgehead atoms. The fraction of sp³-hybridized carbons (Fsp3) is 0.0909. The van der Waals surface area contributed by atoms with Gasteiger partial charge < -0.3 is 5.11 Å². The van der Waals surface area contributed by atoms with Crippen molar-refractivity contribution < 1.29 is 9.90 Å². The van der Waals surface area contributed by atoms with E-state index in [9.17, 15) is 9.90 Å². The molecule has 0 spiro atoms. The van der Waals surface area contributed by atoms with Gasteiger partial charge in [0, 0.05) is 16.3 Å². The normalized spacial score (nSPS) is 10.9. The number of hydrogen-bond donors (Lipinski definition) is 3. The van der Waals surface area contributed by atoms with Crippen molar-refractivity contribution >= 4 is 33.4 Å². The number of carbonyl (C=O) groups is 1. The van der Waals surface area contributed by atoms with Gasteiger partial charge in [0.25, 0.3) is 5.91 Å². The van der Waals surface area contributed by atoms with E-state index in [2.05, 4.69) is 30.8 Å². The number of phenolic OH excluding ortho intramolecular Hbond substituents is 1. The highest BCUT2D eigenvalue weighted by Gasteiger charge is 2.13. The van der Waals surface area contributed by atoms with E-state index in [1.165, 1.54) is 17.7 Å². The van der Waals surface area contributed by atoms with Gasteiger partial charge in [-0.3, -0.25) is 15.6 Å². The van der Waals surface area contributed by atoms with E-state index < -0.39 is 0 Å². The van der Waals surface area contributed by atoms with Crippen molar-refractivity contribution in [2.24, 2.45) is 0 Å². The molecule has 0 radical (unpaired) electrons. The molecule has 0 aliphatic heterocycles. The molecule has 4 aromatic rings. The van der Waals surface area contributed by atoms with Crippen molar-refractivity contribution in [2.45, 2.75) is 13.8 Å². The van der Waals surface area contributed by atoms with E-state index in [1.807, 2.05) is 30.3 Å². The largest absolute Gasteiger partial charge is 0.508 e. The lowest BCUT2D eigenvalue weighted by atomic mass is 10.0. The second kappa shape index (κ2) is 6.61. The first-order chi connectivity index (χ1) is 13.0. The third kappa shape index (κ3) is 3.04. The summed E-state index contributed by atoms with van der Waals surface area (Å²) in [5.74, 6) is -0.280. The zero-order valence-electron chi connectivity index (χ0n) is 15.1. The lowest BCUT2D eigenvalue weighted by Crippen LogP contribution is -2.29. The quantitative estimate of drug-likeness (QED) is 0.374. The van der Waals surface area contributed by atoms with Gasteiger partial charge >= 0.3 is 0 Å². The van der Waals surface area contributed by atoms with Crippen molar-refractivity contribution in [2.75, 3.05) is 5.43 Å². The number of benzene rings is 3. The van der Waals surface area contributed by atoms with Crippen molar-refractivity contribution in [1.29, 1.82) is 0 Å². The lowest BCUT2D eigenvalue weighted by Gasteiger charge is -2.16. The van der Waals surface area contributed by atoms with Crippen LogP contribution in [0.4, 0.5) is 5.69 Å². The summed E-state index contributed by atoms with van der Waals surface area (Å²) < 4.78 is 0. The molecule has 4 rings (SSSR count). The Kier molecular flexibility index (Phi) is 4.12. The van der Waals surface area contributed by atoms with Crippen LogP contribution in [0.3, 0.4) is 0 Å². The van der Waals surface area contributed by atoms with E-state index in [1.54, 1.807) is 12.1 Å². The smallest absolute Gasteiger partial charge is 0.269 e. The van der Waals surface area contributed by atoms with Gasteiger partial charge in [-0.25, -0.2) is 4.98 Å². The molecular weight excluding hydrogens is 338 g/mol. The third-order valence-corrected chi connectivity index (χ3v) is 4.79. The Morgan fingerprint density at radius 3 is 2.59 bits per heavy atom. The van der Waals surface area contributed by atoms with Crippen LogP contribution in [-0.2, 0) is 0 Å². The minimum absolute atomic E-state index is 0.0496. The topological polar surface area (TPSA) is 74.2 Å². The molecule has 0 fully saturated rings. The average molecular weight is 357 g/mol. The molecule has 0 unspecified atom stereocenters. The fourth-order valence-electron chi connectivity index (χ4n) is 3.17. The second-order valence-corrected chi connectivity index (χ2v) is 6.54. The molecule has 0 atom stereocenters. The Bertz CT molecular complexity index is 1180. The molecule has 5 nitrogen and oxygen atoms in total. The highest BCUT2D eigenvalue weighted by molar-refractivity contribution is 6.09. The minimum Gasteiger partial charge on any atom is -0.508 e. The maximum atomic E-state index is 12.5. The van der Waals surface area contributed by atoms with Gasteiger partial charge in [-0.05, 0) is 49.2 Å². The van der Waals surface area contributed by atoms with E-state index in [4.69, 9.17) is 4.98 Å². The van der Waals surface area contributed by atoms with Crippen LogP contribution in [0.15, 0.2) is 60.7 Å². The molecular formula is C22H19N3O2. The number of hydrogen-bond acceptors (Lipinski definition) is 4. The number of pyridine rings is 1. The molecule has 0 aliphatic rings. The van der Waals surface area contributed by atoms with Gasteiger partial charge in [0.05, 0.1) is 16.7 Å². The highest BCUT2D eigenvalue weighted by Crippen LogP contribution is 2.32. The molecule has 3 aromatic carbocycles. The van der Waals surface area contributed by atoms with Crippen molar-refractivity contribution in [3.05, 3.63) is 77.4 Å². The highest BCUT2D eigenvalue weighted by atomic mass is 16.3. The number of para-hydroxylation sites is 1. The summed E-state index contributed by atoms with van der Waals surface area (Å²) in [6.07, 6.45) is 0. The molecule has 0 aliphatic carbocycles. The van der Waals surface area contributed by atoms with E-state index >= 15 is 0 Å². The Balaban J connectivity index is 1.79. The predicted molar refractivity (Wildman–Crippen MR) is 108 cm³/mol. The van der Waals surface area contributed by atoms with E-state index in [0.29, 0.717) is 5.56 Å². The van der Waals surface area contributed by atoms with Crippen LogP contribution in [0, 0.1) is 13.8 Å². The fourth-order valence-corrected chi connectivity index (χ4v) is 3.17. The molecule has 1 aromatic heterocycles. The average Bonchev–Trinajstić information content (AvgIpc) is 2.68. The molecule has 1 heterocycles. The van der Waals surface area contributed by atoms with Crippen LogP contribution in [0.25, 0.3) is 21.8 Å². The zero-order chi connectivity index (χ0) is 19.0. The molecule has 5 heteroatoms. The first-order valence-corrected chi connectivity index (χ1v) is 8.68. The molecule has 0 saturated carbocycles. The summed E-state index contributed by atoms with van der Waals surface area (Å²) in [4.78, 5) is 17.3. The maximum Gasteiger partial charge on any atom is 0.269 e. The number of fused-ring (bicyclic) bond motifs is 2. The van der Waals surface area contributed by atoms with Crippen LogP contribution in [-0.4, -0.2) is 16.0 Å². The molecule has 3 N–H and O–H groups in total. The Morgan fingerprint density at radius 1 is 0.963 bits per heavy atom. The van der Waals surface area contributed by atoms with Crippen LogP contribution < -0.4 is 10.9 Å².